The molecule has 0 aliphatic carbocycles. The van der Waals surface area contributed by atoms with Crippen LogP contribution in [0.3, 0.4) is 0 Å². The molecule has 0 radical (unpaired) electrons. The maximum Gasteiger partial charge on any atom is 0.290 e. The number of carbonyl (C=O) groups is 2. The Morgan fingerprint density at radius 3 is 2.88 bits per heavy atom. The number of nitrogens with zero attached hydrogens (tertiary/aromatic N) is 2. The van der Waals surface area contributed by atoms with E-state index in [1.165, 1.54) is 11.8 Å². The number of benzene rings is 1. The summed E-state index contributed by atoms with van der Waals surface area (Å²) >= 11 is 3.47. The number of anilines is 1. The van der Waals surface area contributed by atoms with Crippen molar-refractivity contribution in [3.8, 4) is 0 Å². The molecule has 2 amide bonds. The lowest BCUT2D eigenvalue weighted by atomic mass is 10.1. The van der Waals surface area contributed by atoms with Crippen molar-refractivity contribution in [3.05, 3.63) is 52.4 Å². The lowest BCUT2D eigenvalue weighted by molar-refractivity contribution is -0.122. The Morgan fingerprint density at radius 1 is 1.21 bits per heavy atom. The Bertz CT molecular complexity index is 788. The number of rotatable bonds is 2. The zero-order chi connectivity index (χ0) is 16.7. The van der Waals surface area contributed by atoms with E-state index in [0.29, 0.717) is 25.3 Å². The molecule has 0 unspecified atom stereocenters. The van der Waals surface area contributed by atoms with E-state index in [-0.39, 0.29) is 11.8 Å². The van der Waals surface area contributed by atoms with Crippen LogP contribution in [0.4, 0.5) is 5.69 Å². The normalized spacial score (nSPS) is 19.6. The van der Waals surface area contributed by atoms with Crippen molar-refractivity contribution >= 4 is 33.4 Å². The smallest absolute Gasteiger partial charge is 0.290 e. The molecule has 2 aliphatic rings. The van der Waals surface area contributed by atoms with Crippen molar-refractivity contribution < 1.29 is 14.0 Å². The maximum absolute atomic E-state index is 13.1. The van der Waals surface area contributed by atoms with Crippen LogP contribution in [0.2, 0.25) is 0 Å². The third kappa shape index (κ3) is 2.55. The van der Waals surface area contributed by atoms with Gasteiger partial charge in [-0.05, 0) is 55.2 Å². The van der Waals surface area contributed by atoms with E-state index in [4.69, 9.17) is 4.42 Å². The summed E-state index contributed by atoms with van der Waals surface area (Å²) in [7, 11) is 0. The van der Waals surface area contributed by atoms with E-state index in [2.05, 4.69) is 22.0 Å². The van der Waals surface area contributed by atoms with Gasteiger partial charge in [-0.2, -0.15) is 0 Å². The van der Waals surface area contributed by atoms with Gasteiger partial charge in [-0.25, -0.2) is 0 Å². The van der Waals surface area contributed by atoms with Gasteiger partial charge < -0.3 is 14.2 Å². The fourth-order valence-corrected chi connectivity index (χ4v) is 4.00. The monoisotopic (exact) mass is 388 g/mol. The summed E-state index contributed by atoms with van der Waals surface area (Å²) < 4.78 is 6.23. The van der Waals surface area contributed by atoms with Crippen LogP contribution in [-0.2, 0) is 11.2 Å². The van der Waals surface area contributed by atoms with Gasteiger partial charge in [0.05, 0.1) is 6.26 Å². The molecule has 5 nitrogen and oxygen atoms in total. The molecule has 6 heteroatoms. The average molecular weight is 389 g/mol. The molecule has 24 heavy (non-hydrogen) atoms. The third-order valence-corrected chi connectivity index (χ3v) is 5.23. The van der Waals surface area contributed by atoms with Gasteiger partial charge in [0.1, 0.15) is 6.04 Å². The number of furan rings is 1. The van der Waals surface area contributed by atoms with Gasteiger partial charge in [0.15, 0.2) is 5.76 Å². The first-order valence-corrected chi connectivity index (χ1v) is 8.89. The van der Waals surface area contributed by atoms with E-state index in [1.54, 1.807) is 17.0 Å². The van der Waals surface area contributed by atoms with E-state index in [9.17, 15) is 9.59 Å². The van der Waals surface area contributed by atoms with Crippen LogP contribution < -0.4 is 4.90 Å². The Morgan fingerprint density at radius 2 is 2.08 bits per heavy atom. The van der Waals surface area contributed by atoms with Gasteiger partial charge in [-0.3, -0.25) is 9.59 Å². The number of carbonyl (C=O) groups excluding carboxylic acids is 2. The van der Waals surface area contributed by atoms with Gasteiger partial charge in [0, 0.05) is 23.2 Å². The maximum atomic E-state index is 13.1. The minimum Gasteiger partial charge on any atom is -0.459 e. The molecule has 0 saturated carbocycles. The second-order valence-corrected chi connectivity index (χ2v) is 7.06. The van der Waals surface area contributed by atoms with Gasteiger partial charge in [-0.15, -0.1) is 0 Å². The Labute approximate surface area is 148 Å². The summed E-state index contributed by atoms with van der Waals surface area (Å²) in [6.07, 6.45) is 3.87. The second kappa shape index (κ2) is 6.09. The molecule has 1 aromatic carbocycles. The number of hydrogen-bond donors (Lipinski definition) is 0. The van der Waals surface area contributed by atoms with Crippen LogP contribution in [0.25, 0.3) is 0 Å². The molecular formula is C18H17BrN2O3. The van der Waals surface area contributed by atoms with Crippen LogP contribution in [0.1, 0.15) is 29.0 Å². The molecule has 1 fully saturated rings. The fraction of sp³-hybridized carbons (Fsp3) is 0.333. The third-order valence-electron chi connectivity index (χ3n) is 4.73. The van der Waals surface area contributed by atoms with Crippen molar-refractivity contribution in [3.63, 3.8) is 0 Å². The van der Waals surface area contributed by atoms with Crippen molar-refractivity contribution in [2.24, 2.45) is 0 Å². The first-order valence-electron chi connectivity index (χ1n) is 8.09. The van der Waals surface area contributed by atoms with Crippen molar-refractivity contribution in [1.82, 2.24) is 4.90 Å². The first kappa shape index (κ1) is 15.4. The summed E-state index contributed by atoms with van der Waals surface area (Å²) in [5.41, 5.74) is 2.13. The molecule has 0 bridgehead atoms. The van der Waals surface area contributed by atoms with Crippen LogP contribution in [0.5, 0.6) is 0 Å². The van der Waals surface area contributed by atoms with E-state index >= 15 is 0 Å². The van der Waals surface area contributed by atoms with Gasteiger partial charge in [-0.1, -0.05) is 15.9 Å². The van der Waals surface area contributed by atoms with Gasteiger partial charge >= 0.3 is 0 Å². The minimum atomic E-state index is -0.405. The number of fused-ring (bicyclic) bond motifs is 1. The molecular weight excluding hydrogens is 372 g/mol. The molecule has 2 aromatic rings. The topological polar surface area (TPSA) is 53.8 Å². The summed E-state index contributed by atoms with van der Waals surface area (Å²) in [6, 6.07) is 8.91. The highest BCUT2D eigenvalue weighted by Gasteiger charge is 2.39. The molecule has 4 rings (SSSR count). The highest BCUT2D eigenvalue weighted by atomic mass is 79.9. The molecule has 124 valence electrons. The SMILES string of the molecule is O=C([C@@H]1CCCN1C(=O)c1ccco1)N1CCc2cc(Br)ccc21. The lowest BCUT2D eigenvalue weighted by Gasteiger charge is -2.27. The van der Waals surface area contributed by atoms with Crippen LogP contribution in [0.15, 0.2) is 45.5 Å². The summed E-state index contributed by atoms with van der Waals surface area (Å²) in [5.74, 6) is 0.0972. The van der Waals surface area contributed by atoms with Crippen molar-refractivity contribution in [2.45, 2.75) is 25.3 Å². The molecule has 1 aromatic heterocycles. The van der Waals surface area contributed by atoms with E-state index in [0.717, 1.165) is 23.0 Å². The zero-order valence-corrected chi connectivity index (χ0v) is 14.7. The molecule has 0 N–H and O–H groups in total. The number of amides is 2. The van der Waals surface area contributed by atoms with Crippen LogP contribution >= 0.6 is 15.9 Å². The van der Waals surface area contributed by atoms with Crippen molar-refractivity contribution in [1.29, 1.82) is 0 Å². The molecule has 1 saturated heterocycles. The Hall–Kier alpha value is -2.08. The minimum absolute atomic E-state index is 0.00785. The van der Waals surface area contributed by atoms with Crippen LogP contribution in [0, 0.1) is 0 Å². The van der Waals surface area contributed by atoms with Crippen LogP contribution in [-0.4, -0.2) is 35.8 Å². The summed E-state index contributed by atoms with van der Waals surface area (Å²) in [5, 5.41) is 0. The fourth-order valence-electron chi connectivity index (χ4n) is 3.59. The largest absolute Gasteiger partial charge is 0.459 e. The van der Waals surface area contributed by atoms with Gasteiger partial charge in [0.2, 0.25) is 5.91 Å². The first-order chi connectivity index (χ1) is 11.6. The summed E-state index contributed by atoms with van der Waals surface area (Å²) in [4.78, 5) is 29.1. The summed E-state index contributed by atoms with van der Waals surface area (Å²) in [6.45, 7) is 1.26. The highest BCUT2D eigenvalue weighted by molar-refractivity contribution is 9.10. The molecule has 1 atom stereocenters. The number of halogens is 1. The molecule has 2 aliphatic heterocycles. The predicted molar refractivity (Wildman–Crippen MR) is 93.0 cm³/mol. The molecule has 0 spiro atoms. The number of hydrogen-bond acceptors (Lipinski definition) is 3. The Kier molecular flexibility index (Phi) is 3.92. The highest BCUT2D eigenvalue weighted by Crippen LogP contribution is 2.33. The number of likely N-dealkylation sites (tertiary alicyclic amines) is 1. The van der Waals surface area contributed by atoms with Crippen molar-refractivity contribution in [2.75, 3.05) is 18.0 Å². The zero-order valence-electron chi connectivity index (χ0n) is 13.1. The lowest BCUT2D eigenvalue weighted by Crippen LogP contribution is -2.47. The predicted octanol–water partition coefficient (Wildman–Crippen LogP) is 3.24. The van der Waals surface area contributed by atoms with E-state index < -0.39 is 6.04 Å². The molecule has 3 heterocycles. The Balaban J connectivity index is 1.58. The quantitative estimate of drug-likeness (QED) is 0.793. The van der Waals surface area contributed by atoms with Gasteiger partial charge in [0.25, 0.3) is 5.91 Å². The standard InChI is InChI=1S/C18H17BrN2O3/c19-13-5-6-14-12(11-13)7-9-21(14)17(22)15-3-1-8-20(15)18(23)16-4-2-10-24-16/h2,4-6,10-11,15H,1,3,7-9H2/t15-/m0/s1. The average Bonchev–Trinajstić information content (AvgIpc) is 3.32. The second-order valence-electron chi connectivity index (χ2n) is 6.15. The van der Waals surface area contributed by atoms with E-state index in [1.807, 2.05) is 17.0 Å².